The fraction of sp³-hybridized carbons (Fsp3) is 0.583. The average molecular weight is 265 g/mol. The molecule has 2 rings (SSSR count). The van der Waals surface area contributed by atoms with Crippen molar-refractivity contribution in [1.82, 2.24) is 15.3 Å². The van der Waals surface area contributed by atoms with Gasteiger partial charge >= 0.3 is 6.09 Å². The van der Waals surface area contributed by atoms with Gasteiger partial charge in [-0.25, -0.2) is 9.78 Å². The van der Waals surface area contributed by atoms with Crippen LogP contribution in [0.2, 0.25) is 0 Å². The lowest BCUT2D eigenvalue weighted by molar-refractivity contribution is 0.167. The van der Waals surface area contributed by atoms with E-state index in [2.05, 4.69) is 30.2 Å². The third-order valence-corrected chi connectivity index (χ3v) is 3.00. The summed E-state index contributed by atoms with van der Waals surface area (Å²) in [6.45, 7) is 4.39. The first-order valence-corrected chi connectivity index (χ1v) is 6.38. The Kier molecular flexibility index (Phi) is 4.38. The number of nitrogens with zero attached hydrogens (tertiary/aromatic N) is 3. The molecule has 0 bridgehead atoms. The van der Waals surface area contributed by atoms with Crippen molar-refractivity contribution in [1.29, 1.82) is 0 Å². The molecule has 0 saturated carbocycles. The molecular weight excluding hydrogens is 246 g/mol. The molecule has 1 saturated heterocycles. The van der Waals surface area contributed by atoms with Gasteiger partial charge in [0, 0.05) is 19.6 Å². The maximum atomic E-state index is 11.2. The fourth-order valence-corrected chi connectivity index (χ4v) is 2.09. The minimum absolute atomic E-state index is 0.0945. The number of nitrogens with one attached hydrogen (secondary N) is 2. The maximum Gasteiger partial charge on any atom is 0.407 e. The van der Waals surface area contributed by atoms with E-state index < -0.39 is 0 Å². The molecule has 104 valence electrons. The molecule has 7 nitrogen and oxygen atoms in total. The molecule has 2 heterocycles. The number of ether oxygens (including phenoxy) is 1. The number of aromatic nitrogens is 2. The van der Waals surface area contributed by atoms with E-state index in [0.717, 1.165) is 37.7 Å². The Labute approximate surface area is 112 Å². The van der Waals surface area contributed by atoms with Crippen molar-refractivity contribution in [3.63, 3.8) is 0 Å². The largest absolute Gasteiger partial charge is 0.453 e. The van der Waals surface area contributed by atoms with Crippen molar-refractivity contribution >= 4 is 17.7 Å². The number of methoxy groups -OCH3 is 1. The van der Waals surface area contributed by atoms with Crippen LogP contribution in [0.1, 0.15) is 13.3 Å². The zero-order valence-electron chi connectivity index (χ0n) is 11.2. The Morgan fingerprint density at radius 2 is 2.42 bits per heavy atom. The number of hydrogen-bond acceptors (Lipinski definition) is 6. The van der Waals surface area contributed by atoms with Gasteiger partial charge in [-0.2, -0.15) is 0 Å². The Morgan fingerprint density at radius 3 is 3.16 bits per heavy atom. The molecule has 1 amide bonds. The smallest absolute Gasteiger partial charge is 0.407 e. The summed E-state index contributed by atoms with van der Waals surface area (Å²) in [4.78, 5) is 21.9. The highest BCUT2D eigenvalue weighted by Crippen LogP contribution is 2.18. The van der Waals surface area contributed by atoms with Gasteiger partial charge in [0.2, 0.25) is 0 Å². The van der Waals surface area contributed by atoms with Crippen LogP contribution in [0.4, 0.5) is 16.4 Å². The fourth-order valence-electron chi connectivity index (χ4n) is 2.09. The van der Waals surface area contributed by atoms with Crippen LogP contribution in [0.3, 0.4) is 0 Å². The van der Waals surface area contributed by atoms with Crippen LogP contribution in [0, 0.1) is 0 Å². The number of alkyl carbamates (subject to hydrolysis) is 1. The quantitative estimate of drug-likeness (QED) is 0.840. The van der Waals surface area contributed by atoms with Crippen LogP contribution < -0.4 is 15.5 Å². The molecule has 19 heavy (non-hydrogen) atoms. The molecule has 0 spiro atoms. The molecular formula is C12H19N5O2. The van der Waals surface area contributed by atoms with Gasteiger partial charge in [-0.05, 0) is 13.3 Å². The van der Waals surface area contributed by atoms with Crippen molar-refractivity contribution < 1.29 is 9.53 Å². The van der Waals surface area contributed by atoms with Crippen molar-refractivity contribution in [3.05, 3.63) is 12.4 Å². The lowest BCUT2D eigenvalue weighted by Crippen LogP contribution is -2.37. The van der Waals surface area contributed by atoms with Crippen molar-refractivity contribution in [2.75, 3.05) is 37.0 Å². The lowest BCUT2D eigenvalue weighted by Gasteiger charge is -2.18. The molecule has 7 heteroatoms. The zero-order valence-corrected chi connectivity index (χ0v) is 11.2. The van der Waals surface area contributed by atoms with E-state index in [1.165, 1.54) is 7.11 Å². The van der Waals surface area contributed by atoms with E-state index in [1.54, 1.807) is 12.4 Å². The molecule has 1 aliphatic heterocycles. The van der Waals surface area contributed by atoms with Crippen LogP contribution in [0.15, 0.2) is 12.4 Å². The van der Waals surface area contributed by atoms with Crippen LogP contribution in [-0.2, 0) is 4.74 Å². The molecule has 2 N–H and O–H groups in total. The summed E-state index contributed by atoms with van der Waals surface area (Å²) >= 11 is 0. The molecule has 1 aromatic rings. The summed E-state index contributed by atoms with van der Waals surface area (Å²) in [5.74, 6) is 1.59. The van der Waals surface area contributed by atoms with Gasteiger partial charge < -0.3 is 20.3 Å². The minimum atomic E-state index is -0.390. The summed E-state index contributed by atoms with van der Waals surface area (Å²) in [5.41, 5.74) is 0. The highest BCUT2D eigenvalue weighted by atomic mass is 16.5. The first-order valence-electron chi connectivity index (χ1n) is 6.38. The van der Waals surface area contributed by atoms with Crippen LogP contribution >= 0.6 is 0 Å². The van der Waals surface area contributed by atoms with E-state index in [1.807, 2.05) is 6.92 Å². The lowest BCUT2D eigenvalue weighted by atomic mass is 10.3. The summed E-state index contributed by atoms with van der Waals surface area (Å²) in [6.07, 6.45) is 3.93. The number of rotatable bonds is 4. The highest BCUT2D eigenvalue weighted by molar-refractivity contribution is 5.67. The standard InChI is InChI=1S/C12H19N5O2/c1-3-14-10-6-13-7-11(16-10)17-5-4-9(8-17)15-12(18)19-2/h6-7,9H,3-5,8H2,1-2H3,(H,14,16)(H,15,18). The Morgan fingerprint density at radius 1 is 1.58 bits per heavy atom. The summed E-state index contributed by atoms with van der Waals surface area (Å²) in [5, 5.41) is 5.94. The zero-order chi connectivity index (χ0) is 13.7. The number of carbonyl (C=O) groups excluding carboxylic acids is 1. The normalized spacial score (nSPS) is 18.2. The molecule has 0 aromatic carbocycles. The number of carbonyl (C=O) groups is 1. The topological polar surface area (TPSA) is 79.4 Å². The minimum Gasteiger partial charge on any atom is -0.453 e. The van der Waals surface area contributed by atoms with Crippen molar-refractivity contribution in [2.24, 2.45) is 0 Å². The molecule has 1 atom stereocenters. The third-order valence-electron chi connectivity index (χ3n) is 3.00. The Bertz CT molecular complexity index is 440. The van der Waals surface area contributed by atoms with Crippen molar-refractivity contribution in [3.8, 4) is 0 Å². The van der Waals surface area contributed by atoms with Gasteiger partial charge in [0.1, 0.15) is 11.6 Å². The van der Waals surface area contributed by atoms with Gasteiger partial charge in [0.05, 0.1) is 25.5 Å². The first-order chi connectivity index (χ1) is 9.22. The SMILES string of the molecule is CCNc1cncc(N2CCC(NC(=O)OC)C2)n1. The second kappa shape index (κ2) is 6.21. The Hall–Kier alpha value is -2.05. The van der Waals surface area contributed by atoms with E-state index in [-0.39, 0.29) is 12.1 Å². The summed E-state index contributed by atoms with van der Waals surface area (Å²) in [6, 6.07) is 0.0945. The van der Waals surface area contributed by atoms with E-state index in [4.69, 9.17) is 0 Å². The Balaban J connectivity index is 1.96. The molecule has 0 radical (unpaired) electrons. The summed E-state index contributed by atoms with van der Waals surface area (Å²) in [7, 11) is 1.37. The molecule has 1 unspecified atom stereocenters. The van der Waals surface area contributed by atoms with Gasteiger partial charge in [0.25, 0.3) is 0 Å². The number of hydrogen-bond donors (Lipinski definition) is 2. The predicted octanol–water partition coefficient (Wildman–Crippen LogP) is 0.843. The molecule has 1 fully saturated rings. The van der Waals surface area contributed by atoms with Gasteiger partial charge in [-0.1, -0.05) is 0 Å². The monoisotopic (exact) mass is 265 g/mol. The van der Waals surface area contributed by atoms with Crippen LogP contribution in [0.25, 0.3) is 0 Å². The molecule has 1 aliphatic rings. The molecule has 0 aliphatic carbocycles. The van der Waals surface area contributed by atoms with Gasteiger partial charge in [0.15, 0.2) is 0 Å². The second-order valence-corrected chi connectivity index (χ2v) is 4.36. The van der Waals surface area contributed by atoms with Crippen LogP contribution in [0.5, 0.6) is 0 Å². The summed E-state index contributed by atoms with van der Waals surface area (Å²) < 4.78 is 4.60. The van der Waals surface area contributed by atoms with E-state index in [0.29, 0.717) is 0 Å². The highest BCUT2D eigenvalue weighted by Gasteiger charge is 2.25. The third kappa shape index (κ3) is 3.46. The molecule has 1 aromatic heterocycles. The van der Waals surface area contributed by atoms with Gasteiger partial charge in [-0.3, -0.25) is 4.98 Å². The maximum absolute atomic E-state index is 11.2. The van der Waals surface area contributed by atoms with E-state index in [9.17, 15) is 4.79 Å². The number of anilines is 2. The van der Waals surface area contributed by atoms with Crippen LogP contribution in [-0.4, -0.2) is 48.8 Å². The second-order valence-electron chi connectivity index (χ2n) is 4.36. The number of amides is 1. The van der Waals surface area contributed by atoms with E-state index >= 15 is 0 Å². The predicted molar refractivity (Wildman–Crippen MR) is 72.4 cm³/mol. The van der Waals surface area contributed by atoms with Gasteiger partial charge in [-0.15, -0.1) is 0 Å². The first kappa shape index (κ1) is 13.4. The average Bonchev–Trinajstić information content (AvgIpc) is 2.88. The van der Waals surface area contributed by atoms with Crippen molar-refractivity contribution in [2.45, 2.75) is 19.4 Å².